The molecule has 0 aliphatic heterocycles. The van der Waals surface area contributed by atoms with Crippen LogP contribution in [0.2, 0.25) is 0 Å². The first-order valence-electron chi connectivity index (χ1n) is 5.38. The molecule has 1 atom stereocenters. The summed E-state index contributed by atoms with van der Waals surface area (Å²) in [4.78, 5) is 13.2. The van der Waals surface area contributed by atoms with Crippen molar-refractivity contribution in [3.8, 4) is 0 Å². The number of aromatic amines is 1. The number of carbonyl (C=O) groups excluding carboxylic acids is 1. The summed E-state index contributed by atoms with van der Waals surface area (Å²) >= 11 is 0. The minimum atomic E-state index is -0.177. The van der Waals surface area contributed by atoms with E-state index in [1.54, 1.807) is 19.0 Å². The van der Waals surface area contributed by atoms with Crippen molar-refractivity contribution in [2.24, 2.45) is 0 Å². The first-order valence-corrected chi connectivity index (χ1v) is 5.38. The zero-order chi connectivity index (χ0) is 12.3. The highest BCUT2D eigenvalue weighted by atomic mass is 16.2. The van der Waals surface area contributed by atoms with Crippen LogP contribution in [0.4, 0.5) is 0 Å². The number of H-pyrrole nitrogens is 1. The van der Waals surface area contributed by atoms with Crippen molar-refractivity contribution in [1.82, 2.24) is 20.4 Å². The average Bonchev–Trinajstić information content (AvgIpc) is 2.54. The number of rotatable bonds is 4. The number of amides is 1. The van der Waals surface area contributed by atoms with Crippen molar-refractivity contribution in [2.75, 3.05) is 14.1 Å². The predicted octanol–water partition coefficient (Wildman–Crippen LogP) is 0.593. The van der Waals surface area contributed by atoms with E-state index in [0.717, 1.165) is 17.0 Å². The van der Waals surface area contributed by atoms with Gasteiger partial charge in [0.1, 0.15) is 0 Å². The first-order chi connectivity index (χ1) is 7.43. The van der Waals surface area contributed by atoms with E-state index < -0.39 is 0 Å². The molecule has 90 valence electrons. The van der Waals surface area contributed by atoms with E-state index in [9.17, 15) is 4.79 Å². The Morgan fingerprint density at radius 2 is 2.12 bits per heavy atom. The van der Waals surface area contributed by atoms with Crippen LogP contribution in [0.3, 0.4) is 0 Å². The normalized spacial score (nSPS) is 12.6. The molecule has 0 aromatic carbocycles. The van der Waals surface area contributed by atoms with Crippen LogP contribution in [-0.4, -0.2) is 41.1 Å². The Bertz CT molecular complexity index is 351. The number of likely N-dealkylation sites (N-methyl/N-ethyl adjacent to an activating group) is 1. The summed E-state index contributed by atoms with van der Waals surface area (Å²) in [5, 5.41) is 10.2. The molecule has 1 unspecified atom stereocenters. The zero-order valence-electron chi connectivity index (χ0n) is 10.6. The van der Waals surface area contributed by atoms with E-state index in [0.29, 0.717) is 6.54 Å². The van der Waals surface area contributed by atoms with Gasteiger partial charge >= 0.3 is 0 Å². The Balaban J connectivity index is 2.55. The molecule has 2 N–H and O–H groups in total. The maximum absolute atomic E-state index is 11.6. The Morgan fingerprint density at radius 1 is 1.50 bits per heavy atom. The van der Waals surface area contributed by atoms with Gasteiger partial charge in [-0.1, -0.05) is 0 Å². The lowest BCUT2D eigenvalue weighted by Gasteiger charge is -2.18. The van der Waals surface area contributed by atoms with E-state index in [1.807, 2.05) is 20.8 Å². The molecule has 5 heteroatoms. The second kappa shape index (κ2) is 5.12. The first kappa shape index (κ1) is 12.7. The van der Waals surface area contributed by atoms with Crippen LogP contribution in [0.1, 0.15) is 23.9 Å². The van der Waals surface area contributed by atoms with Gasteiger partial charge in [0.05, 0.1) is 11.7 Å². The third-order valence-electron chi connectivity index (χ3n) is 2.68. The van der Waals surface area contributed by atoms with Gasteiger partial charge in [-0.3, -0.25) is 9.89 Å². The van der Waals surface area contributed by atoms with Crippen molar-refractivity contribution in [3.05, 3.63) is 17.0 Å². The van der Waals surface area contributed by atoms with Crippen molar-refractivity contribution < 1.29 is 4.79 Å². The standard InChI is InChI=1S/C11H20N4O/c1-7-10(8(2)14-13-7)6-12-9(3)11(16)15(4)5/h9,12H,6H2,1-5H3,(H,13,14). The van der Waals surface area contributed by atoms with Gasteiger partial charge in [-0.25, -0.2) is 0 Å². The highest BCUT2D eigenvalue weighted by Crippen LogP contribution is 2.08. The van der Waals surface area contributed by atoms with Crippen LogP contribution in [0.5, 0.6) is 0 Å². The number of carbonyl (C=O) groups is 1. The lowest BCUT2D eigenvalue weighted by atomic mass is 10.2. The highest BCUT2D eigenvalue weighted by molar-refractivity contribution is 5.80. The zero-order valence-corrected chi connectivity index (χ0v) is 10.6. The third kappa shape index (κ3) is 2.82. The molecule has 1 rings (SSSR count). The quantitative estimate of drug-likeness (QED) is 0.787. The number of nitrogens with zero attached hydrogens (tertiary/aromatic N) is 2. The summed E-state index contributed by atoms with van der Waals surface area (Å²) in [6, 6.07) is -0.177. The Kier molecular flexibility index (Phi) is 4.06. The van der Waals surface area contributed by atoms with Gasteiger partial charge in [0.25, 0.3) is 0 Å². The predicted molar refractivity (Wildman–Crippen MR) is 63.1 cm³/mol. The van der Waals surface area contributed by atoms with Gasteiger partial charge in [0, 0.05) is 31.9 Å². The molecule has 0 saturated carbocycles. The summed E-state index contributed by atoms with van der Waals surface area (Å²) in [7, 11) is 3.52. The van der Waals surface area contributed by atoms with Gasteiger partial charge in [-0.2, -0.15) is 5.10 Å². The molecule has 1 heterocycles. The van der Waals surface area contributed by atoms with Gasteiger partial charge in [-0.05, 0) is 20.8 Å². The van der Waals surface area contributed by atoms with Crippen molar-refractivity contribution >= 4 is 5.91 Å². The largest absolute Gasteiger partial charge is 0.347 e. The molecule has 0 spiro atoms. The van der Waals surface area contributed by atoms with Crippen molar-refractivity contribution in [3.63, 3.8) is 0 Å². The summed E-state index contributed by atoms with van der Waals surface area (Å²) in [5.41, 5.74) is 3.17. The summed E-state index contributed by atoms with van der Waals surface area (Å²) in [5.74, 6) is 0.0822. The Labute approximate surface area is 96.2 Å². The fraction of sp³-hybridized carbons (Fsp3) is 0.636. The Morgan fingerprint density at radius 3 is 2.56 bits per heavy atom. The van der Waals surface area contributed by atoms with Crippen LogP contribution in [-0.2, 0) is 11.3 Å². The SMILES string of the molecule is Cc1n[nH]c(C)c1CNC(C)C(=O)N(C)C. The topological polar surface area (TPSA) is 61.0 Å². The fourth-order valence-electron chi connectivity index (χ4n) is 1.56. The maximum atomic E-state index is 11.6. The molecule has 0 fully saturated rings. The van der Waals surface area contributed by atoms with Gasteiger partial charge in [0.2, 0.25) is 5.91 Å². The third-order valence-corrected chi connectivity index (χ3v) is 2.68. The van der Waals surface area contributed by atoms with Crippen LogP contribution in [0.15, 0.2) is 0 Å². The molecule has 0 bridgehead atoms. The maximum Gasteiger partial charge on any atom is 0.238 e. The number of hydrogen-bond donors (Lipinski definition) is 2. The minimum Gasteiger partial charge on any atom is -0.347 e. The summed E-state index contributed by atoms with van der Waals surface area (Å²) < 4.78 is 0. The van der Waals surface area contributed by atoms with Gasteiger partial charge < -0.3 is 10.2 Å². The second-order valence-electron chi connectivity index (χ2n) is 4.25. The smallest absolute Gasteiger partial charge is 0.238 e. The van der Waals surface area contributed by atoms with E-state index in [-0.39, 0.29) is 11.9 Å². The number of nitrogens with one attached hydrogen (secondary N) is 2. The molecule has 1 aromatic heterocycles. The average molecular weight is 224 g/mol. The summed E-state index contributed by atoms with van der Waals surface area (Å²) in [6.07, 6.45) is 0. The lowest BCUT2D eigenvalue weighted by molar-refractivity contribution is -0.130. The summed E-state index contributed by atoms with van der Waals surface area (Å²) in [6.45, 7) is 6.47. The molecule has 0 aliphatic carbocycles. The Hall–Kier alpha value is -1.36. The number of hydrogen-bond acceptors (Lipinski definition) is 3. The molecule has 16 heavy (non-hydrogen) atoms. The molecular formula is C11H20N4O. The van der Waals surface area contributed by atoms with E-state index in [4.69, 9.17) is 0 Å². The van der Waals surface area contributed by atoms with Crippen molar-refractivity contribution in [1.29, 1.82) is 0 Å². The molecule has 1 amide bonds. The highest BCUT2D eigenvalue weighted by Gasteiger charge is 2.15. The second-order valence-corrected chi connectivity index (χ2v) is 4.25. The molecular weight excluding hydrogens is 204 g/mol. The molecule has 5 nitrogen and oxygen atoms in total. The van der Waals surface area contributed by atoms with E-state index in [1.165, 1.54) is 0 Å². The minimum absolute atomic E-state index is 0.0822. The van der Waals surface area contributed by atoms with Crippen molar-refractivity contribution in [2.45, 2.75) is 33.4 Å². The van der Waals surface area contributed by atoms with E-state index in [2.05, 4.69) is 15.5 Å². The number of aryl methyl sites for hydroxylation is 2. The van der Waals surface area contributed by atoms with E-state index >= 15 is 0 Å². The van der Waals surface area contributed by atoms with Crippen LogP contribution in [0, 0.1) is 13.8 Å². The fourth-order valence-corrected chi connectivity index (χ4v) is 1.56. The van der Waals surface area contributed by atoms with Crippen LogP contribution < -0.4 is 5.32 Å². The molecule has 0 saturated heterocycles. The number of aromatic nitrogens is 2. The lowest BCUT2D eigenvalue weighted by Crippen LogP contribution is -2.41. The molecule has 0 radical (unpaired) electrons. The molecule has 0 aliphatic rings. The van der Waals surface area contributed by atoms with Crippen LogP contribution >= 0.6 is 0 Å². The van der Waals surface area contributed by atoms with Crippen LogP contribution in [0.25, 0.3) is 0 Å². The van der Waals surface area contributed by atoms with Gasteiger partial charge in [-0.15, -0.1) is 0 Å². The van der Waals surface area contributed by atoms with Gasteiger partial charge in [0.15, 0.2) is 0 Å². The monoisotopic (exact) mass is 224 g/mol. The molecule has 1 aromatic rings.